The van der Waals surface area contributed by atoms with Crippen LogP contribution in [-0.2, 0) is 9.59 Å². The molecule has 2 aliphatic heterocycles. The van der Waals surface area contributed by atoms with E-state index in [0.717, 1.165) is 0 Å². The number of piperazine rings is 1. The smallest absolute Gasteiger partial charge is 0.339 e. The Bertz CT molecular complexity index is 398. The fraction of sp³-hybridized carbons (Fsp3) is 0.846. The van der Waals surface area contributed by atoms with E-state index in [2.05, 4.69) is 5.32 Å². The SMILES string of the molecule is CC(=O)N1CCN(C(=O)C2CCC(C(F)(F)F)CN2)CC1. The number of nitrogens with zero attached hydrogens (tertiary/aromatic N) is 2. The molecular formula is C13H20F3N3O2. The lowest BCUT2D eigenvalue weighted by Gasteiger charge is -2.38. The van der Waals surface area contributed by atoms with E-state index in [1.54, 1.807) is 9.80 Å². The van der Waals surface area contributed by atoms with Crippen molar-refractivity contribution in [1.29, 1.82) is 0 Å². The molecule has 2 rings (SSSR count). The van der Waals surface area contributed by atoms with Gasteiger partial charge in [-0.1, -0.05) is 0 Å². The van der Waals surface area contributed by atoms with Crippen LogP contribution in [0.15, 0.2) is 0 Å². The second-order valence-corrected chi connectivity index (χ2v) is 5.61. The molecule has 0 radical (unpaired) electrons. The lowest BCUT2D eigenvalue weighted by molar-refractivity contribution is -0.180. The maximum Gasteiger partial charge on any atom is 0.393 e. The fourth-order valence-electron chi connectivity index (χ4n) is 2.81. The summed E-state index contributed by atoms with van der Waals surface area (Å²) in [4.78, 5) is 26.8. The van der Waals surface area contributed by atoms with Crippen molar-refractivity contribution in [3.8, 4) is 0 Å². The average Bonchev–Trinajstić information content (AvgIpc) is 2.46. The summed E-state index contributed by atoms with van der Waals surface area (Å²) in [5.74, 6) is -1.54. The molecule has 2 saturated heterocycles. The standard InChI is InChI=1S/C13H20F3N3O2/c1-9(20)18-4-6-19(7-5-18)12(21)11-3-2-10(8-17-11)13(14,15)16/h10-11,17H,2-8H2,1H3. The zero-order chi connectivity index (χ0) is 15.6. The van der Waals surface area contributed by atoms with Gasteiger partial charge in [0, 0.05) is 39.6 Å². The minimum absolute atomic E-state index is 0.0136. The molecule has 0 aromatic carbocycles. The predicted molar refractivity (Wildman–Crippen MR) is 69.4 cm³/mol. The topological polar surface area (TPSA) is 52.7 Å². The molecule has 2 atom stereocenters. The monoisotopic (exact) mass is 307 g/mol. The number of piperidine rings is 1. The summed E-state index contributed by atoms with van der Waals surface area (Å²) in [6.45, 7) is 3.14. The molecule has 2 aliphatic rings. The first-order valence-corrected chi connectivity index (χ1v) is 7.13. The fourth-order valence-corrected chi connectivity index (χ4v) is 2.81. The van der Waals surface area contributed by atoms with E-state index in [1.165, 1.54) is 6.92 Å². The van der Waals surface area contributed by atoms with E-state index in [9.17, 15) is 22.8 Å². The van der Waals surface area contributed by atoms with Crippen LogP contribution in [-0.4, -0.2) is 66.6 Å². The van der Waals surface area contributed by atoms with Gasteiger partial charge in [-0.3, -0.25) is 9.59 Å². The summed E-state index contributed by atoms with van der Waals surface area (Å²) in [5.41, 5.74) is 0. The molecule has 2 heterocycles. The molecule has 0 aromatic heterocycles. The van der Waals surface area contributed by atoms with E-state index in [4.69, 9.17) is 0 Å². The summed E-state index contributed by atoms with van der Waals surface area (Å²) in [7, 11) is 0. The highest BCUT2D eigenvalue weighted by Gasteiger charge is 2.43. The number of carbonyl (C=O) groups excluding carboxylic acids is 2. The second-order valence-electron chi connectivity index (χ2n) is 5.61. The third kappa shape index (κ3) is 3.87. The van der Waals surface area contributed by atoms with E-state index in [1.807, 2.05) is 0 Å². The predicted octanol–water partition coefficient (Wildman–Crippen LogP) is 0.608. The van der Waals surface area contributed by atoms with Crippen LogP contribution in [0.5, 0.6) is 0 Å². The molecule has 1 N–H and O–H groups in total. The average molecular weight is 307 g/mol. The van der Waals surface area contributed by atoms with Gasteiger partial charge in [0.15, 0.2) is 0 Å². The lowest BCUT2D eigenvalue weighted by Crippen LogP contribution is -2.57. The molecule has 0 spiro atoms. The van der Waals surface area contributed by atoms with Crippen molar-refractivity contribution in [1.82, 2.24) is 15.1 Å². The van der Waals surface area contributed by atoms with Crippen LogP contribution in [0.1, 0.15) is 19.8 Å². The summed E-state index contributed by atoms with van der Waals surface area (Å²) in [6, 6.07) is -0.535. The van der Waals surface area contributed by atoms with Gasteiger partial charge >= 0.3 is 6.18 Å². The van der Waals surface area contributed by atoms with Gasteiger partial charge < -0.3 is 15.1 Å². The van der Waals surface area contributed by atoms with Gasteiger partial charge in [-0.05, 0) is 12.8 Å². The van der Waals surface area contributed by atoms with Crippen LogP contribution < -0.4 is 5.32 Å². The van der Waals surface area contributed by atoms with Crippen LogP contribution in [0.25, 0.3) is 0 Å². The maximum absolute atomic E-state index is 12.6. The Morgan fingerprint density at radius 1 is 1.05 bits per heavy atom. The Morgan fingerprint density at radius 2 is 1.62 bits per heavy atom. The van der Waals surface area contributed by atoms with Gasteiger partial charge in [0.25, 0.3) is 0 Å². The highest BCUT2D eigenvalue weighted by atomic mass is 19.4. The normalized spacial score (nSPS) is 27.6. The first-order valence-electron chi connectivity index (χ1n) is 7.13. The zero-order valence-corrected chi connectivity index (χ0v) is 11.9. The van der Waals surface area contributed by atoms with E-state index in [0.29, 0.717) is 26.2 Å². The molecule has 0 saturated carbocycles. The van der Waals surface area contributed by atoms with E-state index < -0.39 is 18.1 Å². The van der Waals surface area contributed by atoms with Crippen LogP contribution in [0.2, 0.25) is 0 Å². The summed E-state index contributed by atoms with van der Waals surface area (Å²) >= 11 is 0. The highest BCUT2D eigenvalue weighted by Crippen LogP contribution is 2.32. The lowest BCUT2D eigenvalue weighted by atomic mass is 9.93. The Hall–Kier alpha value is -1.31. The molecule has 120 valence electrons. The number of rotatable bonds is 1. The Balaban J connectivity index is 1.82. The molecule has 2 fully saturated rings. The van der Waals surface area contributed by atoms with Gasteiger partial charge in [-0.25, -0.2) is 0 Å². The first-order chi connectivity index (χ1) is 9.79. The van der Waals surface area contributed by atoms with Crippen LogP contribution >= 0.6 is 0 Å². The Kier molecular flexibility index (Phi) is 4.75. The summed E-state index contributed by atoms with van der Waals surface area (Å²) < 4.78 is 37.7. The third-order valence-corrected chi connectivity index (χ3v) is 4.21. The molecule has 21 heavy (non-hydrogen) atoms. The van der Waals surface area contributed by atoms with Gasteiger partial charge in [0.05, 0.1) is 12.0 Å². The molecule has 5 nitrogen and oxygen atoms in total. The van der Waals surface area contributed by atoms with Gasteiger partial charge in [0.1, 0.15) is 0 Å². The number of nitrogens with one attached hydrogen (secondary N) is 1. The minimum Gasteiger partial charge on any atom is -0.339 e. The van der Waals surface area contributed by atoms with Crippen molar-refractivity contribution in [3.05, 3.63) is 0 Å². The van der Waals surface area contributed by atoms with Crippen LogP contribution in [0, 0.1) is 5.92 Å². The number of alkyl halides is 3. The number of amides is 2. The molecule has 2 unspecified atom stereocenters. The van der Waals surface area contributed by atoms with Crippen molar-refractivity contribution in [3.63, 3.8) is 0 Å². The van der Waals surface area contributed by atoms with E-state index in [-0.39, 0.29) is 31.2 Å². The second kappa shape index (κ2) is 6.21. The minimum atomic E-state index is -4.20. The molecule has 8 heteroatoms. The maximum atomic E-state index is 12.6. The molecular weight excluding hydrogens is 287 g/mol. The number of hydrogen-bond donors (Lipinski definition) is 1. The Labute approximate surface area is 121 Å². The number of hydrogen-bond acceptors (Lipinski definition) is 3. The largest absolute Gasteiger partial charge is 0.393 e. The Morgan fingerprint density at radius 3 is 2.05 bits per heavy atom. The number of halogens is 3. The molecule has 0 bridgehead atoms. The summed E-state index contributed by atoms with van der Waals surface area (Å²) in [6.07, 6.45) is -4.01. The molecule has 0 aromatic rings. The van der Waals surface area contributed by atoms with Gasteiger partial charge in [-0.15, -0.1) is 0 Å². The van der Waals surface area contributed by atoms with Crippen molar-refractivity contribution in [2.75, 3.05) is 32.7 Å². The summed E-state index contributed by atoms with van der Waals surface area (Å²) in [5, 5.41) is 2.72. The van der Waals surface area contributed by atoms with Gasteiger partial charge in [0.2, 0.25) is 11.8 Å². The molecule has 0 aliphatic carbocycles. The first kappa shape index (κ1) is 16.1. The van der Waals surface area contributed by atoms with Crippen LogP contribution in [0.3, 0.4) is 0 Å². The van der Waals surface area contributed by atoms with Gasteiger partial charge in [-0.2, -0.15) is 13.2 Å². The van der Waals surface area contributed by atoms with Crippen molar-refractivity contribution >= 4 is 11.8 Å². The quantitative estimate of drug-likeness (QED) is 0.772. The van der Waals surface area contributed by atoms with Crippen molar-refractivity contribution < 1.29 is 22.8 Å². The molecule has 2 amide bonds. The van der Waals surface area contributed by atoms with Crippen molar-refractivity contribution in [2.45, 2.75) is 32.0 Å². The number of carbonyl (C=O) groups is 2. The highest BCUT2D eigenvalue weighted by molar-refractivity contribution is 5.82. The van der Waals surface area contributed by atoms with Crippen LogP contribution in [0.4, 0.5) is 13.2 Å². The zero-order valence-electron chi connectivity index (χ0n) is 11.9. The van der Waals surface area contributed by atoms with E-state index >= 15 is 0 Å². The third-order valence-electron chi connectivity index (χ3n) is 4.21. The van der Waals surface area contributed by atoms with Crippen molar-refractivity contribution in [2.24, 2.45) is 5.92 Å².